The first kappa shape index (κ1) is 12.1. The molecule has 0 unspecified atom stereocenters. The SMILES string of the molecule is O=C(O)c1cc(Br)cc(Sc2ccncn2)c1. The maximum atomic E-state index is 10.9. The van der Waals surface area contributed by atoms with E-state index in [1.165, 1.54) is 18.1 Å². The van der Waals surface area contributed by atoms with Gasteiger partial charge in [0.1, 0.15) is 11.4 Å². The van der Waals surface area contributed by atoms with Gasteiger partial charge in [-0.15, -0.1) is 0 Å². The third-order valence-corrected chi connectivity index (χ3v) is 3.28. The highest BCUT2D eigenvalue weighted by atomic mass is 79.9. The second-order valence-corrected chi connectivity index (χ2v) is 5.14. The molecular weight excluding hydrogens is 304 g/mol. The molecule has 2 rings (SSSR count). The Labute approximate surface area is 110 Å². The summed E-state index contributed by atoms with van der Waals surface area (Å²) in [5, 5.41) is 9.72. The lowest BCUT2D eigenvalue weighted by Gasteiger charge is -2.03. The van der Waals surface area contributed by atoms with Crippen LogP contribution in [0.5, 0.6) is 0 Å². The van der Waals surface area contributed by atoms with Gasteiger partial charge in [-0.05, 0) is 24.3 Å². The summed E-state index contributed by atoms with van der Waals surface area (Å²) in [5.74, 6) is -0.948. The molecule has 0 saturated heterocycles. The van der Waals surface area contributed by atoms with Gasteiger partial charge in [-0.2, -0.15) is 0 Å². The topological polar surface area (TPSA) is 63.1 Å². The Morgan fingerprint density at radius 3 is 2.82 bits per heavy atom. The van der Waals surface area contributed by atoms with Crippen LogP contribution in [0.15, 0.2) is 51.2 Å². The Hall–Kier alpha value is -1.40. The summed E-state index contributed by atoms with van der Waals surface area (Å²) in [4.78, 5) is 19.6. The van der Waals surface area contributed by atoms with Crippen molar-refractivity contribution in [3.63, 3.8) is 0 Å². The van der Waals surface area contributed by atoms with Crippen molar-refractivity contribution >= 4 is 33.7 Å². The van der Waals surface area contributed by atoms with Crippen molar-refractivity contribution in [3.8, 4) is 0 Å². The van der Waals surface area contributed by atoms with Crippen molar-refractivity contribution in [2.45, 2.75) is 9.92 Å². The lowest BCUT2D eigenvalue weighted by Crippen LogP contribution is -1.96. The monoisotopic (exact) mass is 310 g/mol. The third kappa shape index (κ3) is 3.28. The molecular formula is C11H7BrN2O2S. The lowest BCUT2D eigenvalue weighted by molar-refractivity contribution is 0.0696. The molecule has 6 heteroatoms. The van der Waals surface area contributed by atoms with E-state index < -0.39 is 5.97 Å². The maximum absolute atomic E-state index is 10.9. The molecule has 0 spiro atoms. The molecule has 0 amide bonds. The number of aromatic carboxylic acids is 1. The normalized spacial score (nSPS) is 10.2. The predicted octanol–water partition coefficient (Wildman–Crippen LogP) is 3.09. The molecule has 4 nitrogen and oxygen atoms in total. The number of rotatable bonds is 3. The summed E-state index contributed by atoms with van der Waals surface area (Å²) in [7, 11) is 0. The highest BCUT2D eigenvalue weighted by Gasteiger charge is 2.07. The van der Waals surface area contributed by atoms with Crippen molar-refractivity contribution < 1.29 is 9.90 Å². The smallest absolute Gasteiger partial charge is 0.335 e. The van der Waals surface area contributed by atoms with Crippen molar-refractivity contribution in [3.05, 3.63) is 46.8 Å². The van der Waals surface area contributed by atoms with Crippen LogP contribution in [0.2, 0.25) is 0 Å². The molecule has 17 heavy (non-hydrogen) atoms. The fraction of sp³-hybridized carbons (Fsp3) is 0. The van der Waals surface area contributed by atoms with Gasteiger partial charge in [-0.25, -0.2) is 14.8 Å². The van der Waals surface area contributed by atoms with Crippen molar-refractivity contribution in [1.29, 1.82) is 0 Å². The van der Waals surface area contributed by atoms with E-state index in [1.54, 1.807) is 24.4 Å². The van der Waals surface area contributed by atoms with E-state index in [2.05, 4.69) is 25.9 Å². The van der Waals surface area contributed by atoms with Gasteiger partial charge in [0.25, 0.3) is 0 Å². The van der Waals surface area contributed by atoms with Gasteiger partial charge in [-0.3, -0.25) is 0 Å². The first-order valence-electron chi connectivity index (χ1n) is 4.63. The first-order valence-corrected chi connectivity index (χ1v) is 6.24. The van der Waals surface area contributed by atoms with E-state index in [4.69, 9.17) is 5.11 Å². The summed E-state index contributed by atoms with van der Waals surface area (Å²) in [6.45, 7) is 0. The molecule has 0 fully saturated rings. The van der Waals surface area contributed by atoms with E-state index in [0.29, 0.717) is 0 Å². The Balaban J connectivity index is 2.30. The van der Waals surface area contributed by atoms with Gasteiger partial charge in [0.2, 0.25) is 0 Å². The summed E-state index contributed by atoms with van der Waals surface area (Å²) in [6.07, 6.45) is 3.10. The quantitative estimate of drug-likeness (QED) is 0.883. The molecule has 1 aromatic heterocycles. The lowest BCUT2D eigenvalue weighted by atomic mass is 10.2. The molecule has 2 aromatic rings. The largest absolute Gasteiger partial charge is 0.478 e. The van der Waals surface area contributed by atoms with Crippen LogP contribution in [0.25, 0.3) is 0 Å². The average molecular weight is 311 g/mol. The Kier molecular flexibility index (Phi) is 3.75. The van der Waals surface area contributed by atoms with E-state index in [0.717, 1.165) is 14.4 Å². The van der Waals surface area contributed by atoms with E-state index in [9.17, 15) is 4.79 Å². The number of carbonyl (C=O) groups is 1. The zero-order valence-electron chi connectivity index (χ0n) is 8.50. The molecule has 0 saturated carbocycles. The number of carboxylic acids is 1. The van der Waals surface area contributed by atoms with Crippen molar-refractivity contribution in [1.82, 2.24) is 9.97 Å². The second kappa shape index (κ2) is 5.29. The van der Waals surface area contributed by atoms with Crippen LogP contribution >= 0.6 is 27.7 Å². The van der Waals surface area contributed by atoms with E-state index >= 15 is 0 Å². The summed E-state index contributed by atoms with van der Waals surface area (Å²) in [5.41, 5.74) is 0.246. The Morgan fingerprint density at radius 2 is 2.18 bits per heavy atom. The molecule has 0 aliphatic heterocycles. The molecule has 0 atom stereocenters. The molecule has 0 aliphatic rings. The number of nitrogens with zero attached hydrogens (tertiary/aromatic N) is 2. The van der Waals surface area contributed by atoms with Crippen LogP contribution in [0.3, 0.4) is 0 Å². The van der Waals surface area contributed by atoms with Crippen LogP contribution in [0.4, 0.5) is 0 Å². The number of halogens is 1. The fourth-order valence-corrected chi connectivity index (χ4v) is 2.69. The number of carboxylic acid groups (broad SMARTS) is 1. The number of benzene rings is 1. The molecule has 0 aliphatic carbocycles. The minimum Gasteiger partial charge on any atom is -0.478 e. The summed E-state index contributed by atoms with van der Waals surface area (Å²) in [6, 6.07) is 6.79. The number of hydrogen-bond donors (Lipinski definition) is 1. The van der Waals surface area contributed by atoms with Crippen molar-refractivity contribution in [2.75, 3.05) is 0 Å². The minimum absolute atomic E-state index is 0.246. The zero-order chi connectivity index (χ0) is 12.3. The van der Waals surface area contributed by atoms with Crippen LogP contribution in [0.1, 0.15) is 10.4 Å². The highest BCUT2D eigenvalue weighted by Crippen LogP contribution is 2.29. The Bertz CT molecular complexity index is 548. The minimum atomic E-state index is -0.948. The Morgan fingerprint density at radius 1 is 1.35 bits per heavy atom. The summed E-state index contributed by atoms with van der Waals surface area (Å²) >= 11 is 4.67. The molecule has 86 valence electrons. The van der Waals surface area contributed by atoms with Crippen LogP contribution in [0, 0.1) is 0 Å². The standard InChI is InChI=1S/C11H7BrN2O2S/c12-8-3-7(11(15)16)4-9(5-8)17-10-1-2-13-6-14-10/h1-6H,(H,15,16). The third-order valence-electron chi connectivity index (χ3n) is 1.90. The molecule has 1 heterocycles. The second-order valence-electron chi connectivity index (χ2n) is 3.13. The van der Waals surface area contributed by atoms with Crippen molar-refractivity contribution in [2.24, 2.45) is 0 Å². The van der Waals surface area contributed by atoms with Crippen LogP contribution < -0.4 is 0 Å². The molecule has 1 aromatic carbocycles. The first-order chi connectivity index (χ1) is 8.15. The number of hydrogen-bond acceptors (Lipinski definition) is 4. The van der Waals surface area contributed by atoms with Gasteiger partial charge in [0.15, 0.2) is 0 Å². The van der Waals surface area contributed by atoms with E-state index in [1.807, 2.05) is 6.07 Å². The van der Waals surface area contributed by atoms with Gasteiger partial charge in [0, 0.05) is 15.6 Å². The predicted molar refractivity (Wildman–Crippen MR) is 67.3 cm³/mol. The molecule has 1 N–H and O–H groups in total. The van der Waals surface area contributed by atoms with Gasteiger partial charge in [-0.1, -0.05) is 27.7 Å². The highest BCUT2D eigenvalue weighted by molar-refractivity contribution is 9.10. The van der Waals surface area contributed by atoms with Crippen LogP contribution in [-0.4, -0.2) is 21.0 Å². The molecule has 0 bridgehead atoms. The van der Waals surface area contributed by atoms with E-state index in [-0.39, 0.29) is 5.56 Å². The summed E-state index contributed by atoms with van der Waals surface area (Å²) < 4.78 is 0.731. The van der Waals surface area contributed by atoms with Gasteiger partial charge in [0.05, 0.1) is 5.56 Å². The van der Waals surface area contributed by atoms with Gasteiger partial charge < -0.3 is 5.11 Å². The zero-order valence-corrected chi connectivity index (χ0v) is 10.9. The fourth-order valence-electron chi connectivity index (χ4n) is 1.20. The average Bonchev–Trinajstić information content (AvgIpc) is 2.29. The maximum Gasteiger partial charge on any atom is 0.335 e. The van der Waals surface area contributed by atoms with Crippen LogP contribution in [-0.2, 0) is 0 Å². The number of aromatic nitrogens is 2. The van der Waals surface area contributed by atoms with Gasteiger partial charge >= 0.3 is 5.97 Å². The molecule has 0 radical (unpaired) electrons.